The topological polar surface area (TPSA) is 16.1 Å². The van der Waals surface area contributed by atoms with Crippen LogP contribution in [-0.4, -0.2) is 29.1 Å². The minimum Gasteiger partial charge on any atom is -0.295 e. The molecule has 0 spiro atoms. The molecule has 3 heteroatoms. The van der Waals surface area contributed by atoms with Crippen molar-refractivity contribution in [1.82, 2.24) is 9.88 Å². The predicted molar refractivity (Wildman–Crippen MR) is 53.8 cm³/mol. The van der Waals surface area contributed by atoms with E-state index < -0.39 is 6.17 Å². The SMILES string of the molecule is Cc1cccc(CN2CCC(F)C2)n1. The number of aromatic nitrogens is 1. The smallest absolute Gasteiger partial charge is 0.114 e. The van der Waals surface area contributed by atoms with Gasteiger partial charge in [-0.3, -0.25) is 9.88 Å². The first kappa shape index (κ1) is 9.59. The van der Waals surface area contributed by atoms with Gasteiger partial charge in [-0.2, -0.15) is 0 Å². The molecule has 1 aliphatic heterocycles. The second kappa shape index (κ2) is 4.05. The van der Waals surface area contributed by atoms with Gasteiger partial charge in [-0.25, -0.2) is 4.39 Å². The van der Waals surface area contributed by atoms with Crippen LogP contribution < -0.4 is 0 Å². The summed E-state index contributed by atoms with van der Waals surface area (Å²) in [7, 11) is 0. The Morgan fingerprint density at radius 3 is 3.07 bits per heavy atom. The Hall–Kier alpha value is -0.960. The maximum Gasteiger partial charge on any atom is 0.114 e. The predicted octanol–water partition coefficient (Wildman–Crippen LogP) is 1.93. The van der Waals surface area contributed by atoms with E-state index in [1.807, 2.05) is 25.1 Å². The molecule has 0 amide bonds. The quantitative estimate of drug-likeness (QED) is 0.715. The Balaban J connectivity index is 1.97. The van der Waals surface area contributed by atoms with Crippen LogP contribution in [0.1, 0.15) is 17.8 Å². The van der Waals surface area contributed by atoms with Gasteiger partial charge in [0.25, 0.3) is 0 Å². The Morgan fingerprint density at radius 1 is 1.57 bits per heavy atom. The number of hydrogen-bond acceptors (Lipinski definition) is 2. The minimum absolute atomic E-state index is 0.565. The fraction of sp³-hybridized carbons (Fsp3) is 0.545. The summed E-state index contributed by atoms with van der Waals surface area (Å²) >= 11 is 0. The largest absolute Gasteiger partial charge is 0.295 e. The Morgan fingerprint density at radius 2 is 2.43 bits per heavy atom. The van der Waals surface area contributed by atoms with Crippen molar-refractivity contribution in [2.75, 3.05) is 13.1 Å². The summed E-state index contributed by atoms with van der Waals surface area (Å²) in [6.07, 6.45) is 0.0334. The molecular weight excluding hydrogens is 179 g/mol. The van der Waals surface area contributed by atoms with Crippen molar-refractivity contribution in [3.63, 3.8) is 0 Å². The molecule has 0 bridgehead atoms. The number of rotatable bonds is 2. The first-order chi connectivity index (χ1) is 6.74. The monoisotopic (exact) mass is 194 g/mol. The average molecular weight is 194 g/mol. The van der Waals surface area contributed by atoms with Gasteiger partial charge in [0.15, 0.2) is 0 Å². The van der Waals surface area contributed by atoms with Gasteiger partial charge in [0.1, 0.15) is 6.17 Å². The van der Waals surface area contributed by atoms with Gasteiger partial charge < -0.3 is 0 Å². The Kier molecular flexibility index (Phi) is 2.77. The van der Waals surface area contributed by atoms with Crippen LogP contribution in [0.4, 0.5) is 4.39 Å². The van der Waals surface area contributed by atoms with Gasteiger partial charge >= 0.3 is 0 Å². The Bertz CT molecular complexity index is 314. The second-order valence-electron chi connectivity index (χ2n) is 3.89. The summed E-state index contributed by atoms with van der Waals surface area (Å²) in [6.45, 7) is 4.18. The maximum absolute atomic E-state index is 12.9. The molecular formula is C11H15FN2. The highest BCUT2D eigenvalue weighted by atomic mass is 19.1. The standard InChI is InChI=1S/C11H15FN2/c1-9-3-2-4-11(13-9)8-14-6-5-10(12)7-14/h2-4,10H,5-8H2,1H3. The lowest BCUT2D eigenvalue weighted by atomic mass is 10.3. The van der Waals surface area contributed by atoms with E-state index in [1.165, 1.54) is 0 Å². The number of nitrogens with zero attached hydrogens (tertiary/aromatic N) is 2. The molecule has 14 heavy (non-hydrogen) atoms. The summed E-state index contributed by atoms with van der Waals surface area (Å²) < 4.78 is 12.9. The minimum atomic E-state index is -0.639. The molecule has 1 fully saturated rings. The van der Waals surface area contributed by atoms with Crippen LogP contribution in [0.5, 0.6) is 0 Å². The van der Waals surface area contributed by atoms with Crippen molar-refractivity contribution in [2.24, 2.45) is 0 Å². The van der Waals surface area contributed by atoms with E-state index in [9.17, 15) is 4.39 Å². The zero-order valence-corrected chi connectivity index (χ0v) is 8.41. The summed E-state index contributed by atoms with van der Waals surface area (Å²) in [5.41, 5.74) is 2.07. The van der Waals surface area contributed by atoms with Gasteiger partial charge in [0.2, 0.25) is 0 Å². The molecule has 0 aliphatic carbocycles. The van der Waals surface area contributed by atoms with Crippen LogP contribution >= 0.6 is 0 Å². The second-order valence-corrected chi connectivity index (χ2v) is 3.89. The highest BCUT2D eigenvalue weighted by Crippen LogP contribution is 2.14. The van der Waals surface area contributed by atoms with Crippen molar-refractivity contribution in [2.45, 2.75) is 26.1 Å². The van der Waals surface area contributed by atoms with Crippen molar-refractivity contribution in [3.8, 4) is 0 Å². The summed E-state index contributed by atoms with van der Waals surface area (Å²) in [4.78, 5) is 6.52. The van der Waals surface area contributed by atoms with Crippen LogP contribution in [0.2, 0.25) is 0 Å². The van der Waals surface area contributed by atoms with Gasteiger partial charge in [0.05, 0.1) is 5.69 Å². The first-order valence-electron chi connectivity index (χ1n) is 5.03. The van der Waals surface area contributed by atoms with Gasteiger partial charge in [-0.1, -0.05) is 6.07 Å². The van der Waals surface area contributed by atoms with Crippen LogP contribution in [0, 0.1) is 6.92 Å². The van der Waals surface area contributed by atoms with Crippen LogP contribution in [0.25, 0.3) is 0 Å². The third-order valence-electron chi connectivity index (χ3n) is 2.55. The highest BCUT2D eigenvalue weighted by molar-refractivity contribution is 5.09. The zero-order valence-electron chi connectivity index (χ0n) is 8.41. The van der Waals surface area contributed by atoms with E-state index in [-0.39, 0.29) is 0 Å². The maximum atomic E-state index is 12.9. The lowest BCUT2D eigenvalue weighted by Gasteiger charge is -2.13. The van der Waals surface area contributed by atoms with E-state index in [1.54, 1.807) is 0 Å². The lowest BCUT2D eigenvalue weighted by molar-refractivity contribution is 0.280. The summed E-state index contributed by atoms with van der Waals surface area (Å²) in [5.74, 6) is 0. The van der Waals surface area contributed by atoms with Crippen LogP contribution in [0.15, 0.2) is 18.2 Å². The molecule has 0 N–H and O–H groups in total. The van der Waals surface area contributed by atoms with E-state index in [0.717, 1.165) is 24.5 Å². The Labute approximate surface area is 83.8 Å². The lowest BCUT2D eigenvalue weighted by Crippen LogP contribution is -2.21. The molecule has 1 saturated heterocycles. The molecule has 0 saturated carbocycles. The molecule has 0 aromatic carbocycles. The number of hydrogen-bond donors (Lipinski definition) is 0. The van der Waals surface area contributed by atoms with Gasteiger partial charge in [-0.05, 0) is 25.5 Å². The number of alkyl halides is 1. The molecule has 2 heterocycles. The van der Waals surface area contributed by atoms with Gasteiger partial charge in [-0.15, -0.1) is 0 Å². The number of halogens is 1. The van der Waals surface area contributed by atoms with E-state index >= 15 is 0 Å². The number of pyridine rings is 1. The molecule has 2 rings (SSSR count). The van der Waals surface area contributed by atoms with Crippen molar-refractivity contribution in [3.05, 3.63) is 29.6 Å². The van der Waals surface area contributed by atoms with E-state index in [4.69, 9.17) is 0 Å². The molecule has 1 unspecified atom stereocenters. The molecule has 1 atom stereocenters. The van der Waals surface area contributed by atoms with Gasteiger partial charge in [0, 0.05) is 25.3 Å². The third-order valence-corrected chi connectivity index (χ3v) is 2.55. The molecule has 0 radical (unpaired) electrons. The summed E-state index contributed by atoms with van der Waals surface area (Å²) in [5, 5.41) is 0. The number of aryl methyl sites for hydroxylation is 1. The third kappa shape index (κ3) is 2.29. The fourth-order valence-corrected chi connectivity index (χ4v) is 1.85. The molecule has 1 aromatic heterocycles. The van der Waals surface area contributed by atoms with E-state index in [2.05, 4.69) is 9.88 Å². The molecule has 2 nitrogen and oxygen atoms in total. The molecule has 1 aromatic rings. The average Bonchev–Trinajstić information content (AvgIpc) is 2.51. The fourth-order valence-electron chi connectivity index (χ4n) is 1.85. The highest BCUT2D eigenvalue weighted by Gasteiger charge is 2.21. The van der Waals surface area contributed by atoms with Crippen molar-refractivity contribution in [1.29, 1.82) is 0 Å². The van der Waals surface area contributed by atoms with Crippen molar-refractivity contribution >= 4 is 0 Å². The van der Waals surface area contributed by atoms with Crippen LogP contribution in [-0.2, 0) is 6.54 Å². The van der Waals surface area contributed by atoms with Crippen molar-refractivity contribution < 1.29 is 4.39 Å². The molecule has 1 aliphatic rings. The van der Waals surface area contributed by atoms with E-state index in [0.29, 0.717) is 13.0 Å². The number of likely N-dealkylation sites (tertiary alicyclic amines) is 1. The summed E-state index contributed by atoms with van der Waals surface area (Å²) in [6, 6.07) is 5.98. The zero-order chi connectivity index (χ0) is 9.97. The first-order valence-corrected chi connectivity index (χ1v) is 5.03. The molecule has 76 valence electrons. The normalized spacial score (nSPS) is 22.9. The van der Waals surface area contributed by atoms with Crippen LogP contribution in [0.3, 0.4) is 0 Å².